The van der Waals surface area contributed by atoms with E-state index in [1.807, 2.05) is 54.6 Å². The van der Waals surface area contributed by atoms with Gasteiger partial charge < -0.3 is 15.6 Å². The standard InChI is InChI=1S/C19H22N4O2.ClH/c20-11-13-22(12-10-15-6-2-1-3-7-15)18(24)14-23-17-9-5-4-8-16(17)21-19(23)25;/h1-9H,10-14,20H2,(H,21,25);1H. The first kappa shape index (κ1) is 19.8. The lowest BCUT2D eigenvalue weighted by atomic mass is 10.1. The summed E-state index contributed by atoms with van der Waals surface area (Å²) in [4.78, 5) is 29.4. The number of aromatic nitrogens is 2. The highest BCUT2D eigenvalue weighted by Crippen LogP contribution is 2.09. The second-order valence-corrected chi connectivity index (χ2v) is 5.94. The second-order valence-electron chi connectivity index (χ2n) is 5.94. The molecule has 7 heteroatoms. The molecule has 0 radical (unpaired) electrons. The highest BCUT2D eigenvalue weighted by Gasteiger charge is 2.16. The molecule has 3 N–H and O–H groups in total. The summed E-state index contributed by atoms with van der Waals surface area (Å²) >= 11 is 0. The molecule has 3 aromatic rings. The van der Waals surface area contributed by atoms with E-state index < -0.39 is 0 Å². The summed E-state index contributed by atoms with van der Waals surface area (Å²) in [7, 11) is 0. The van der Waals surface area contributed by atoms with Crippen molar-refractivity contribution in [3.8, 4) is 0 Å². The topological polar surface area (TPSA) is 84.1 Å². The van der Waals surface area contributed by atoms with Gasteiger partial charge in [0.25, 0.3) is 0 Å². The van der Waals surface area contributed by atoms with E-state index in [1.165, 1.54) is 10.1 Å². The van der Waals surface area contributed by atoms with Crippen LogP contribution >= 0.6 is 12.4 Å². The van der Waals surface area contributed by atoms with E-state index in [9.17, 15) is 9.59 Å². The van der Waals surface area contributed by atoms with Gasteiger partial charge in [-0.25, -0.2) is 4.79 Å². The fourth-order valence-electron chi connectivity index (χ4n) is 2.92. The van der Waals surface area contributed by atoms with Gasteiger partial charge in [-0.15, -0.1) is 12.4 Å². The number of nitrogens with zero attached hydrogens (tertiary/aromatic N) is 2. The number of halogens is 1. The van der Waals surface area contributed by atoms with Crippen LogP contribution < -0.4 is 11.4 Å². The Hall–Kier alpha value is -2.57. The monoisotopic (exact) mass is 374 g/mol. The van der Waals surface area contributed by atoms with E-state index >= 15 is 0 Å². The second kappa shape index (κ2) is 9.22. The number of para-hydroxylation sites is 2. The summed E-state index contributed by atoms with van der Waals surface area (Å²) < 4.78 is 1.48. The van der Waals surface area contributed by atoms with E-state index in [1.54, 1.807) is 4.90 Å². The van der Waals surface area contributed by atoms with Crippen LogP contribution in [0.15, 0.2) is 59.4 Å². The number of benzene rings is 2. The number of fused-ring (bicyclic) bond motifs is 1. The van der Waals surface area contributed by atoms with Crippen molar-refractivity contribution in [3.63, 3.8) is 0 Å². The lowest BCUT2D eigenvalue weighted by molar-refractivity contribution is -0.131. The molecule has 0 aliphatic carbocycles. The Labute approximate surface area is 158 Å². The number of hydrogen-bond acceptors (Lipinski definition) is 3. The molecule has 0 fully saturated rings. The van der Waals surface area contributed by atoms with Crippen LogP contribution in [0, 0.1) is 0 Å². The molecule has 0 saturated heterocycles. The molecule has 3 rings (SSSR count). The van der Waals surface area contributed by atoms with Crippen molar-refractivity contribution in [1.82, 2.24) is 14.5 Å². The SMILES string of the molecule is Cl.NCCN(CCc1ccccc1)C(=O)Cn1c(=O)[nH]c2ccccc21. The first-order chi connectivity index (χ1) is 12.2. The van der Waals surface area contributed by atoms with Crippen molar-refractivity contribution in [3.05, 3.63) is 70.6 Å². The summed E-state index contributed by atoms with van der Waals surface area (Å²) in [6.07, 6.45) is 0.759. The number of hydrogen-bond donors (Lipinski definition) is 2. The average Bonchev–Trinajstić information content (AvgIpc) is 2.95. The van der Waals surface area contributed by atoms with Gasteiger partial charge in [-0.2, -0.15) is 0 Å². The third-order valence-electron chi connectivity index (χ3n) is 4.24. The molecule has 0 saturated carbocycles. The predicted molar refractivity (Wildman–Crippen MR) is 106 cm³/mol. The lowest BCUT2D eigenvalue weighted by Crippen LogP contribution is -2.40. The van der Waals surface area contributed by atoms with Crippen LogP contribution in [0.2, 0.25) is 0 Å². The Morgan fingerprint density at radius 3 is 2.46 bits per heavy atom. The Morgan fingerprint density at radius 1 is 1.04 bits per heavy atom. The minimum atomic E-state index is -0.273. The van der Waals surface area contributed by atoms with Crippen LogP contribution in [0.1, 0.15) is 5.56 Å². The van der Waals surface area contributed by atoms with E-state index in [2.05, 4.69) is 4.98 Å². The van der Waals surface area contributed by atoms with Crippen molar-refractivity contribution in [2.24, 2.45) is 5.73 Å². The van der Waals surface area contributed by atoms with Gasteiger partial charge in [0, 0.05) is 19.6 Å². The first-order valence-electron chi connectivity index (χ1n) is 8.38. The molecule has 0 bridgehead atoms. The molecule has 0 atom stereocenters. The van der Waals surface area contributed by atoms with E-state index in [0.717, 1.165) is 17.5 Å². The Morgan fingerprint density at radius 2 is 1.73 bits per heavy atom. The number of aromatic amines is 1. The van der Waals surface area contributed by atoms with Gasteiger partial charge in [-0.05, 0) is 24.1 Å². The van der Waals surface area contributed by atoms with Crippen molar-refractivity contribution in [1.29, 1.82) is 0 Å². The highest BCUT2D eigenvalue weighted by molar-refractivity contribution is 5.85. The molecule has 2 aromatic carbocycles. The number of nitrogens with two attached hydrogens (primary N) is 1. The number of rotatable bonds is 7. The molecule has 26 heavy (non-hydrogen) atoms. The summed E-state index contributed by atoms with van der Waals surface area (Å²) in [6, 6.07) is 17.4. The first-order valence-corrected chi connectivity index (χ1v) is 8.38. The lowest BCUT2D eigenvalue weighted by Gasteiger charge is -2.22. The van der Waals surface area contributed by atoms with E-state index in [-0.39, 0.29) is 30.5 Å². The van der Waals surface area contributed by atoms with Gasteiger partial charge in [-0.1, -0.05) is 42.5 Å². The van der Waals surface area contributed by atoms with Crippen LogP contribution in [-0.4, -0.2) is 40.0 Å². The molecule has 0 aliphatic heterocycles. The average molecular weight is 375 g/mol. The summed E-state index contributed by atoms with van der Waals surface area (Å²) in [5.41, 5.74) is 8.02. The van der Waals surface area contributed by atoms with Crippen LogP contribution in [0.4, 0.5) is 0 Å². The van der Waals surface area contributed by atoms with Gasteiger partial charge in [-0.3, -0.25) is 9.36 Å². The van der Waals surface area contributed by atoms with Crippen molar-refractivity contribution in [2.45, 2.75) is 13.0 Å². The fourth-order valence-corrected chi connectivity index (χ4v) is 2.92. The zero-order valence-corrected chi connectivity index (χ0v) is 15.2. The third-order valence-corrected chi connectivity index (χ3v) is 4.24. The van der Waals surface area contributed by atoms with Crippen LogP contribution in [-0.2, 0) is 17.8 Å². The number of H-pyrrole nitrogens is 1. The molecule has 6 nitrogen and oxygen atoms in total. The summed E-state index contributed by atoms with van der Waals surface area (Å²) in [5, 5.41) is 0. The van der Waals surface area contributed by atoms with Crippen LogP contribution in [0.5, 0.6) is 0 Å². The maximum atomic E-state index is 12.7. The molecule has 1 aromatic heterocycles. The van der Waals surface area contributed by atoms with Crippen LogP contribution in [0.25, 0.3) is 11.0 Å². The minimum Gasteiger partial charge on any atom is -0.340 e. The molecule has 1 amide bonds. The maximum absolute atomic E-state index is 12.7. The van der Waals surface area contributed by atoms with E-state index in [4.69, 9.17) is 5.73 Å². The molecule has 138 valence electrons. The van der Waals surface area contributed by atoms with Gasteiger partial charge in [0.2, 0.25) is 5.91 Å². The predicted octanol–water partition coefficient (Wildman–Crippen LogP) is 1.78. The molecular formula is C19H23ClN4O2. The smallest absolute Gasteiger partial charge is 0.326 e. The fraction of sp³-hybridized carbons (Fsp3) is 0.263. The number of imidazole rings is 1. The number of carbonyl (C=O) groups excluding carboxylic acids is 1. The zero-order chi connectivity index (χ0) is 17.6. The molecular weight excluding hydrogens is 352 g/mol. The molecule has 0 aliphatic rings. The molecule has 1 heterocycles. The maximum Gasteiger partial charge on any atom is 0.326 e. The zero-order valence-electron chi connectivity index (χ0n) is 14.4. The third kappa shape index (κ3) is 4.53. The van der Waals surface area contributed by atoms with Gasteiger partial charge >= 0.3 is 5.69 Å². The van der Waals surface area contributed by atoms with Crippen molar-refractivity contribution >= 4 is 29.3 Å². The Balaban J connectivity index is 0.00000243. The minimum absolute atomic E-state index is 0. The number of carbonyl (C=O) groups is 1. The summed E-state index contributed by atoms with van der Waals surface area (Å²) in [6.45, 7) is 1.46. The normalized spacial score (nSPS) is 10.5. The molecule has 0 unspecified atom stereocenters. The highest BCUT2D eigenvalue weighted by atomic mass is 35.5. The Kier molecular flexibility index (Phi) is 7.00. The van der Waals surface area contributed by atoms with E-state index in [0.29, 0.717) is 19.6 Å². The number of amides is 1. The molecule has 0 spiro atoms. The van der Waals surface area contributed by atoms with Gasteiger partial charge in [0.05, 0.1) is 11.0 Å². The van der Waals surface area contributed by atoms with Crippen molar-refractivity contribution < 1.29 is 4.79 Å². The van der Waals surface area contributed by atoms with Crippen molar-refractivity contribution in [2.75, 3.05) is 19.6 Å². The Bertz CT molecular complexity index is 905. The number of nitrogens with one attached hydrogen (secondary N) is 1. The van der Waals surface area contributed by atoms with Gasteiger partial charge in [0.1, 0.15) is 6.54 Å². The van der Waals surface area contributed by atoms with Gasteiger partial charge in [0.15, 0.2) is 0 Å². The largest absolute Gasteiger partial charge is 0.340 e. The van der Waals surface area contributed by atoms with Crippen LogP contribution in [0.3, 0.4) is 0 Å². The quantitative estimate of drug-likeness (QED) is 0.661. The summed E-state index contributed by atoms with van der Waals surface area (Å²) in [5.74, 6) is -0.103.